The lowest BCUT2D eigenvalue weighted by molar-refractivity contribution is 0.466. The van der Waals surface area contributed by atoms with Gasteiger partial charge in [0.2, 0.25) is 0 Å². The fraction of sp³-hybridized carbons (Fsp3) is 0.375. The smallest absolute Gasteiger partial charge is 0.138 e. The molecule has 3 heteroatoms. The topological polar surface area (TPSA) is 33.1 Å². The standard InChI is InChI=1S/C8H10ClNO/c1-2-6-3-4-8(11)7(5-9)10-6/h3-4,11H,2,5H2,1H3. The van der Waals surface area contributed by atoms with Gasteiger partial charge in [0, 0.05) is 5.69 Å². The van der Waals surface area contributed by atoms with E-state index in [0.29, 0.717) is 5.69 Å². The monoisotopic (exact) mass is 171 g/mol. The lowest BCUT2D eigenvalue weighted by Crippen LogP contribution is -1.91. The molecule has 0 radical (unpaired) electrons. The fourth-order valence-electron chi connectivity index (χ4n) is 0.834. The van der Waals surface area contributed by atoms with Crippen LogP contribution in [0.3, 0.4) is 0 Å². The molecule has 0 spiro atoms. The molecule has 0 aliphatic carbocycles. The SMILES string of the molecule is CCc1ccc(O)c(CCl)n1. The Balaban J connectivity index is 3.02. The summed E-state index contributed by atoms with van der Waals surface area (Å²) in [6.07, 6.45) is 0.865. The van der Waals surface area contributed by atoms with E-state index in [-0.39, 0.29) is 11.6 Å². The average Bonchev–Trinajstić information content (AvgIpc) is 2.05. The van der Waals surface area contributed by atoms with E-state index in [4.69, 9.17) is 11.6 Å². The summed E-state index contributed by atoms with van der Waals surface area (Å²) in [5, 5.41) is 9.18. The highest BCUT2D eigenvalue weighted by atomic mass is 35.5. The van der Waals surface area contributed by atoms with Crippen molar-refractivity contribution in [2.24, 2.45) is 0 Å². The van der Waals surface area contributed by atoms with Crippen molar-refractivity contribution in [2.45, 2.75) is 19.2 Å². The van der Waals surface area contributed by atoms with Crippen LogP contribution in [0.15, 0.2) is 12.1 Å². The lowest BCUT2D eigenvalue weighted by atomic mass is 10.2. The second kappa shape index (κ2) is 3.58. The van der Waals surface area contributed by atoms with Gasteiger partial charge < -0.3 is 5.11 Å². The van der Waals surface area contributed by atoms with Gasteiger partial charge in [0.25, 0.3) is 0 Å². The molecule has 0 unspecified atom stereocenters. The summed E-state index contributed by atoms with van der Waals surface area (Å²) in [5.41, 5.74) is 1.52. The highest BCUT2D eigenvalue weighted by molar-refractivity contribution is 6.17. The normalized spacial score (nSPS) is 10.0. The zero-order valence-corrected chi connectivity index (χ0v) is 7.10. The van der Waals surface area contributed by atoms with Crippen molar-refractivity contribution in [3.63, 3.8) is 0 Å². The number of aromatic nitrogens is 1. The van der Waals surface area contributed by atoms with Crippen LogP contribution in [-0.4, -0.2) is 10.1 Å². The predicted molar refractivity (Wildman–Crippen MR) is 44.8 cm³/mol. The molecule has 0 fully saturated rings. The first-order valence-corrected chi connectivity index (χ1v) is 4.05. The molecule has 0 aromatic carbocycles. The van der Waals surface area contributed by atoms with Crippen LogP contribution in [0.5, 0.6) is 5.75 Å². The van der Waals surface area contributed by atoms with Crippen molar-refractivity contribution >= 4 is 11.6 Å². The van der Waals surface area contributed by atoms with E-state index in [2.05, 4.69) is 4.98 Å². The Labute approximate surface area is 70.8 Å². The van der Waals surface area contributed by atoms with Crippen LogP contribution < -0.4 is 0 Å². The minimum atomic E-state index is 0.178. The maximum Gasteiger partial charge on any atom is 0.138 e. The number of halogens is 1. The number of hydrogen-bond donors (Lipinski definition) is 1. The van der Waals surface area contributed by atoms with Crippen molar-refractivity contribution in [1.82, 2.24) is 4.98 Å². The third kappa shape index (κ3) is 1.84. The van der Waals surface area contributed by atoms with Crippen LogP contribution in [0.4, 0.5) is 0 Å². The molecular formula is C8H10ClNO. The zero-order valence-electron chi connectivity index (χ0n) is 6.34. The predicted octanol–water partition coefficient (Wildman–Crippen LogP) is 2.09. The van der Waals surface area contributed by atoms with Gasteiger partial charge in [0.1, 0.15) is 5.75 Å². The number of nitrogens with zero attached hydrogens (tertiary/aromatic N) is 1. The van der Waals surface area contributed by atoms with Crippen molar-refractivity contribution in [1.29, 1.82) is 0 Å². The summed E-state index contributed by atoms with van der Waals surface area (Å²) in [5.74, 6) is 0.442. The second-order valence-corrected chi connectivity index (χ2v) is 2.52. The maximum atomic E-state index is 9.18. The maximum absolute atomic E-state index is 9.18. The van der Waals surface area contributed by atoms with Gasteiger partial charge >= 0.3 is 0 Å². The molecule has 1 aromatic heterocycles. The quantitative estimate of drug-likeness (QED) is 0.692. The van der Waals surface area contributed by atoms with Gasteiger partial charge in [-0.3, -0.25) is 4.98 Å². The van der Waals surface area contributed by atoms with E-state index in [1.54, 1.807) is 12.1 Å². The Bertz CT molecular complexity index is 250. The Morgan fingerprint density at radius 3 is 2.82 bits per heavy atom. The molecule has 0 aliphatic rings. The van der Waals surface area contributed by atoms with E-state index < -0.39 is 0 Å². The average molecular weight is 172 g/mol. The summed E-state index contributed by atoms with van der Waals surface area (Å²) in [6, 6.07) is 3.43. The van der Waals surface area contributed by atoms with Crippen LogP contribution >= 0.6 is 11.6 Å². The first-order chi connectivity index (χ1) is 5.27. The third-order valence-corrected chi connectivity index (χ3v) is 1.75. The molecule has 1 heterocycles. The summed E-state index contributed by atoms with van der Waals surface area (Å²) >= 11 is 5.54. The van der Waals surface area contributed by atoms with Gasteiger partial charge in [-0.15, -0.1) is 11.6 Å². The molecule has 0 saturated heterocycles. The Kier molecular flexibility index (Phi) is 2.71. The Morgan fingerprint density at radius 2 is 2.27 bits per heavy atom. The summed E-state index contributed by atoms with van der Waals surface area (Å²) < 4.78 is 0. The first-order valence-electron chi connectivity index (χ1n) is 3.51. The number of aryl methyl sites for hydroxylation is 1. The number of hydrogen-bond acceptors (Lipinski definition) is 2. The molecular weight excluding hydrogens is 162 g/mol. The van der Waals surface area contributed by atoms with Crippen LogP contribution in [0, 0.1) is 0 Å². The molecule has 0 atom stereocenters. The van der Waals surface area contributed by atoms with Gasteiger partial charge in [-0.05, 0) is 18.6 Å². The van der Waals surface area contributed by atoms with E-state index in [1.807, 2.05) is 6.92 Å². The number of alkyl halides is 1. The molecule has 0 bridgehead atoms. The Morgan fingerprint density at radius 1 is 1.55 bits per heavy atom. The largest absolute Gasteiger partial charge is 0.506 e. The highest BCUT2D eigenvalue weighted by Gasteiger charge is 2.00. The molecule has 1 aromatic rings. The van der Waals surface area contributed by atoms with Crippen LogP contribution in [-0.2, 0) is 12.3 Å². The third-order valence-electron chi connectivity index (χ3n) is 1.50. The van der Waals surface area contributed by atoms with E-state index in [0.717, 1.165) is 12.1 Å². The molecule has 2 nitrogen and oxygen atoms in total. The second-order valence-electron chi connectivity index (χ2n) is 2.26. The molecule has 0 saturated carbocycles. The van der Waals surface area contributed by atoms with Crippen molar-refractivity contribution in [3.05, 3.63) is 23.5 Å². The minimum absolute atomic E-state index is 0.178. The van der Waals surface area contributed by atoms with Crippen LogP contribution in [0.1, 0.15) is 18.3 Å². The summed E-state index contributed by atoms with van der Waals surface area (Å²) in [6.45, 7) is 2.01. The van der Waals surface area contributed by atoms with Gasteiger partial charge in [0.05, 0.1) is 11.6 Å². The van der Waals surface area contributed by atoms with Crippen molar-refractivity contribution < 1.29 is 5.11 Å². The van der Waals surface area contributed by atoms with Gasteiger partial charge in [-0.2, -0.15) is 0 Å². The molecule has 0 amide bonds. The van der Waals surface area contributed by atoms with Crippen molar-refractivity contribution in [3.8, 4) is 5.75 Å². The molecule has 60 valence electrons. The summed E-state index contributed by atoms with van der Waals surface area (Å²) in [7, 11) is 0. The van der Waals surface area contributed by atoms with Crippen LogP contribution in [0.25, 0.3) is 0 Å². The number of rotatable bonds is 2. The number of aromatic hydroxyl groups is 1. The van der Waals surface area contributed by atoms with Gasteiger partial charge in [0.15, 0.2) is 0 Å². The van der Waals surface area contributed by atoms with E-state index in [9.17, 15) is 5.11 Å². The van der Waals surface area contributed by atoms with Crippen LogP contribution in [0.2, 0.25) is 0 Å². The fourth-order valence-corrected chi connectivity index (χ4v) is 1.03. The van der Waals surface area contributed by atoms with E-state index in [1.165, 1.54) is 0 Å². The summed E-state index contributed by atoms with van der Waals surface area (Å²) in [4.78, 5) is 4.13. The van der Waals surface area contributed by atoms with Crippen molar-refractivity contribution in [2.75, 3.05) is 0 Å². The molecule has 1 N–H and O–H groups in total. The lowest BCUT2D eigenvalue weighted by Gasteiger charge is -2.01. The van der Waals surface area contributed by atoms with Gasteiger partial charge in [-0.1, -0.05) is 6.92 Å². The van der Waals surface area contributed by atoms with E-state index >= 15 is 0 Å². The molecule has 11 heavy (non-hydrogen) atoms. The zero-order chi connectivity index (χ0) is 8.27. The number of pyridine rings is 1. The molecule has 0 aliphatic heterocycles. The minimum Gasteiger partial charge on any atom is -0.506 e. The van der Waals surface area contributed by atoms with Gasteiger partial charge in [-0.25, -0.2) is 0 Å². The Hall–Kier alpha value is -0.760. The highest BCUT2D eigenvalue weighted by Crippen LogP contribution is 2.16. The first kappa shape index (κ1) is 8.34. The molecule has 1 rings (SSSR count).